The van der Waals surface area contributed by atoms with Crippen LogP contribution in [-0.2, 0) is 11.3 Å². The minimum absolute atomic E-state index is 0. The molecule has 2 aromatic carbocycles. The van der Waals surface area contributed by atoms with E-state index >= 15 is 0 Å². The van der Waals surface area contributed by atoms with Crippen molar-refractivity contribution in [3.05, 3.63) is 66.2 Å². The predicted molar refractivity (Wildman–Crippen MR) is 102 cm³/mol. The minimum atomic E-state index is -0.451. The highest BCUT2D eigenvalue weighted by Crippen LogP contribution is 2.14. The fourth-order valence-electron chi connectivity index (χ4n) is 2.98. The topological polar surface area (TPSA) is 32.8 Å². The van der Waals surface area contributed by atoms with Crippen LogP contribution in [0.5, 0.6) is 5.75 Å². The Morgan fingerprint density at radius 1 is 0.960 bits per heavy atom. The molecule has 0 spiro atoms. The molecular formula is C20H25ClN2O2. The summed E-state index contributed by atoms with van der Waals surface area (Å²) in [5.41, 5.74) is 1.32. The molecule has 1 amide bonds. The van der Waals surface area contributed by atoms with Crippen molar-refractivity contribution in [2.45, 2.75) is 19.6 Å². The van der Waals surface area contributed by atoms with Crippen molar-refractivity contribution in [3.8, 4) is 5.75 Å². The molecule has 1 heterocycles. The maximum atomic E-state index is 12.5. The van der Waals surface area contributed by atoms with Crippen molar-refractivity contribution in [2.75, 3.05) is 26.2 Å². The van der Waals surface area contributed by atoms with E-state index in [1.54, 1.807) is 0 Å². The molecule has 1 unspecified atom stereocenters. The third kappa shape index (κ3) is 5.48. The second-order valence-electron chi connectivity index (χ2n) is 6.16. The molecule has 134 valence electrons. The Labute approximate surface area is 155 Å². The fourth-order valence-corrected chi connectivity index (χ4v) is 2.98. The lowest BCUT2D eigenvalue weighted by atomic mass is 10.2. The second-order valence-corrected chi connectivity index (χ2v) is 6.16. The van der Waals surface area contributed by atoms with Gasteiger partial charge >= 0.3 is 0 Å². The zero-order valence-electron chi connectivity index (χ0n) is 14.5. The molecule has 5 heteroatoms. The summed E-state index contributed by atoms with van der Waals surface area (Å²) in [6.45, 7) is 6.09. The molecule has 4 nitrogen and oxygen atoms in total. The Bertz CT molecular complexity index is 643. The largest absolute Gasteiger partial charge is 0.481 e. The van der Waals surface area contributed by atoms with E-state index in [9.17, 15) is 4.79 Å². The predicted octanol–water partition coefficient (Wildman–Crippen LogP) is 3.22. The maximum absolute atomic E-state index is 12.5. The van der Waals surface area contributed by atoms with Crippen molar-refractivity contribution >= 4 is 18.3 Å². The molecular weight excluding hydrogens is 336 g/mol. The lowest BCUT2D eigenvalue weighted by Gasteiger charge is -2.35. The number of benzene rings is 2. The summed E-state index contributed by atoms with van der Waals surface area (Å²) < 4.78 is 5.75. The van der Waals surface area contributed by atoms with Crippen LogP contribution in [0.3, 0.4) is 0 Å². The molecule has 1 saturated heterocycles. The Morgan fingerprint density at radius 2 is 1.52 bits per heavy atom. The quantitative estimate of drug-likeness (QED) is 0.820. The van der Waals surface area contributed by atoms with Gasteiger partial charge in [-0.1, -0.05) is 48.5 Å². The van der Waals surface area contributed by atoms with Gasteiger partial charge in [-0.05, 0) is 24.6 Å². The average Bonchev–Trinajstić information content (AvgIpc) is 2.63. The van der Waals surface area contributed by atoms with Gasteiger partial charge < -0.3 is 9.64 Å². The van der Waals surface area contributed by atoms with E-state index in [1.807, 2.05) is 48.2 Å². The minimum Gasteiger partial charge on any atom is -0.481 e. The first-order valence-electron chi connectivity index (χ1n) is 8.49. The summed E-state index contributed by atoms with van der Waals surface area (Å²) in [6, 6.07) is 20.0. The van der Waals surface area contributed by atoms with E-state index in [2.05, 4.69) is 29.2 Å². The summed E-state index contributed by atoms with van der Waals surface area (Å²) >= 11 is 0. The summed E-state index contributed by atoms with van der Waals surface area (Å²) in [5, 5.41) is 0. The van der Waals surface area contributed by atoms with Gasteiger partial charge in [0, 0.05) is 32.7 Å². The number of rotatable bonds is 5. The molecule has 0 bridgehead atoms. The molecule has 25 heavy (non-hydrogen) atoms. The zero-order chi connectivity index (χ0) is 16.8. The lowest BCUT2D eigenvalue weighted by molar-refractivity contribution is -0.139. The molecule has 0 aliphatic carbocycles. The number of hydrogen-bond donors (Lipinski definition) is 0. The second kappa shape index (κ2) is 9.44. The monoisotopic (exact) mass is 360 g/mol. The SMILES string of the molecule is CC(Oc1ccccc1)C(=O)N1CCN(Cc2ccccc2)CC1.Cl. The van der Waals surface area contributed by atoms with Gasteiger partial charge in [0.15, 0.2) is 6.10 Å². The fraction of sp³-hybridized carbons (Fsp3) is 0.350. The number of nitrogens with zero attached hydrogens (tertiary/aromatic N) is 2. The molecule has 0 N–H and O–H groups in total. The van der Waals surface area contributed by atoms with Crippen molar-refractivity contribution in [3.63, 3.8) is 0 Å². The maximum Gasteiger partial charge on any atom is 0.263 e. The molecule has 3 rings (SSSR count). The zero-order valence-corrected chi connectivity index (χ0v) is 15.3. The van der Waals surface area contributed by atoms with Crippen LogP contribution in [-0.4, -0.2) is 48.0 Å². The molecule has 0 radical (unpaired) electrons. The number of carbonyl (C=O) groups is 1. The average molecular weight is 361 g/mol. The number of hydrogen-bond acceptors (Lipinski definition) is 3. The van der Waals surface area contributed by atoms with E-state index in [0.717, 1.165) is 38.5 Å². The van der Waals surface area contributed by atoms with E-state index in [-0.39, 0.29) is 18.3 Å². The lowest BCUT2D eigenvalue weighted by Crippen LogP contribution is -2.51. The number of ether oxygens (including phenoxy) is 1. The highest BCUT2D eigenvalue weighted by molar-refractivity contribution is 5.85. The van der Waals surface area contributed by atoms with Crippen molar-refractivity contribution in [2.24, 2.45) is 0 Å². The van der Waals surface area contributed by atoms with Gasteiger partial charge in [-0.25, -0.2) is 0 Å². The molecule has 1 aliphatic heterocycles. The molecule has 1 atom stereocenters. The Hall–Kier alpha value is -2.04. The highest BCUT2D eigenvalue weighted by Gasteiger charge is 2.25. The van der Waals surface area contributed by atoms with Crippen molar-refractivity contribution in [1.82, 2.24) is 9.80 Å². The van der Waals surface area contributed by atoms with Crippen molar-refractivity contribution in [1.29, 1.82) is 0 Å². The van der Waals surface area contributed by atoms with Crippen LogP contribution in [0.25, 0.3) is 0 Å². The van der Waals surface area contributed by atoms with Crippen LogP contribution < -0.4 is 4.74 Å². The van der Waals surface area contributed by atoms with Gasteiger partial charge in [-0.2, -0.15) is 0 Å². The number of piperazine rings is 1. The number of carbonyl (C=O) groups excluding carboxylic acids is 1. The standard InChI is InChI=1S/C20H24N2O2.ClH/c1-17(24-19-10-6-3-7-11-19)20(23)22-14-12-21(13-15-22)16-18-8-4-2-5-9-18;/h2-11,17H,12-16H2,1H3;1H. The molecule has 2 aromatic rings. The molecule has 0 aromatic heterocycles. The summed E-state index contributed by atoms with van der Waals surface area (Å²) in [4.78, 5) is 16.9. The van der Waals surface area contributed by atoms with Crippen LogP contribution in [0.15, 0.2) is 60.7 Å². The van der Waals surface area contributed by atoms with Gasteiger partial charge in [0.25, 0.3) is 5.91 Å². The number of halogens is 1. The molecule has 0 saturated carbocycles. The normalized spacial score (nSPS) is 16.0. The molecule has 1 fully saturated rings. The van der Waals surface area contributed by atoms with Gasteiger partial charge in [0.1, 0.15) is 5.75 Å². The van der Waals surface area contributed by atoms with E-state index in [1.165, 1.54) is 5.56 Å². The van der Waals surface area contributed by atoms with E-state index < -0.39 is 6.10 Å². The summed E-state index contributed by atoms with van der Waals surface area (Å²) in [7, 11) is 0. The smallest absolute Gasteiger partial charge is 0.263 e. The van der Waals surface area contributed by atoms with Crippen LogP contribution in [0.4, 0.5) is 0 Å². The van der Waals surface area contributed by atoms with Gasteiger partial charge in [-0.3, -0.25) is 9.69 Å². The van der Waals surface area contributed by atoms with Crippen LogP contribution in [0, 0.1) is 0 Å². The third-order valence-electron chi connectivity index (χ3n) is 4.34. The van der Waals surface area contributed by atoms with Crippen molar-refractivity contribution < 1.29 is 9.53 Å². The van der Waals surface area contributed by atoms with E-state index in [4.69, 9.17) is 4.74 Å². The van der Waals surface area contributed by atoms with Crippen LogP contribution in [0.2, 0.25) is 0 Å². The van der Waals surface area contributed by atoms with Gasteiger partial charge in [0.05, 0.1) is 0 Å². The Balaban J connectivity index is 0.00000225. The first kappa shape index (κ1) is 19.3. The third-order valence-corrected chi connectivity index (χ3v) is 4.34. The molecule has 1 aliphatic rings. The van der Waals surface area contributed by atoms with Gasteiger partial charge in [-0.15, -0.1) is 12.4 Å². The van der Waals surface area contributed by atoms with E-state index in [0.29, 0.717) is 0 Å². The van der Waals surface area contributed by atoms with Crippen LogP contribution in [0.1, 0.15) is 12.5 Å². The highest BCUT2D eigenvalue weighted by atomic mass is 35.5. The number of amides is 1. The Morgan fingerprint density at radius 3 is 2.12 bits per heavy atom. The van der Waals surface area contributed by atoms with Crippen LogP contribution >= 0.6 is 12.4 Å². The Kier molecular flexibility index (Phi) is 7.29. The van der Waals surface area contributed by atoms with Gasteiger partial charge in [0.2, 0.25) is 0 Å². The first-order chi connectivity index (χ1) is 11.7. The number of para-hydroxylation sites is 1. The first-order valence-corrected chi connectivity index (χ1v) is 8.49. The summed E-state index contributed by atoms with van der Waals surface area (Å²) in [6.07, 6.45) is -0.451. The summed E-state index contributed by atoms with van der Waals surface area (Å²) in [5.74, 6) is 0.805.